The van der Waals surface area contributed by atoms with E-state index in [0.717, 1.165) is 5.56 Å². The van der Waals surface area contributed by atoms with Gasteiger partial charge in [0.2, 0.25) is 0 Å². The summed E-state index contributed by atoms with van der Waals surface area (Å²) in [5, 5.41) is 2.62. The Kier molecular flexibility index (Phi) is 5.58. The fourth-order valence-electron chi connectivity index (χ4n) is 2.59. The summed E-state index contributed by atoms with van der Waals surface area (Å²) in [5.41, 5.74) is 1.59. The van der Waals surface area contributed by atoms with Crippen LogP contribution in [-0.4, -0.2) is 38.5 Å². The largest absolute Gasteiger partial charge is 0.497 e. The first-order chi connectivity index (χ1) is 12.7. The second-order valence-electron chi connectivity index (χ2n) is 5.76. The summed E-state index contributed by atoms with van der Waals surface area (Å²) >= 11 is 0. The smallest absolute Gasteiger partial charge is 0.414 e. The van der Waals surface area contributed by atoms with Crippen molar-refractivity contribution in [3.63, 3.8) is 0 Å². The first kappa shape index (κ1) is 17.6. The van der Waals surface area contributed by atoms with Crippen LogP contribution < -0.4 is 15.0 Å². The lowest BCUT2D eigenvalue weighted by Gasteiger charge is -2.14. The van der Waals surface area contributed by atoms with Crippen molar-refractivity contribution in [3.05, 3.63) is 60.2 Å². The van der Waals surface area contributed by atoms with E-state index in [2.05, 4.69) is 5.32 Å². The lowest BCUT2D eigenvalue weighted by molar-refractivity contribution is 0.121. The van der Waals surface area contributed by atoms with Crippen molar-refractivity contribution in [2.75, 3.05) is 25.1 Å². The van der Waals surface area contributed by atoms with Crippen LogP contribution in [0.2, 0.25) is 0 Å². The zero-order valence-corrected chi connectivity index (χ0v) is 14.4. The fraction of sp³-hybridized carbons (Fsp3) is 0.263. The number of ether oxygens (including phenoxy) is 3. The zero-order chi connectivity index (χ0) is 18.4. The van der Waals surface area contributed by atoms with E-state index >= 15 is 0 Å². The van der Waals surface area contributed by atoms with Crippen LogP contribution >= 0.6 is 0 Å². The number of hydrogen-bond acceptors (Lipinski definition) is 5. The molecule has 1 N–H and O–H groups in total. The summed E-state index contributed by atoms with van der Waals surface area (Å²) in [6.07, 6.45) is -1.45. The van der Waals surface area contributed by atoms with Gasteiger partial charge in [0.05, 0.1) is 25.9 Å². The molecule has 26 heavy (non-hydrogen) atoms. The number of rotatable bonds is 6. The highest BCUT2D eigenvalue weighted by Crippen LogP contribution is 2.25. The van der Waals surface area contributed by atoms with Crippen LogP contribution in [0, 0.1) is 0 Å². The molecule has 7 heteroatoms. The van der Waals surface area contributed by atoms with Gasteiger partial charge < -0.3 is 19.5 Å². The van der Waals surface area contributed by atoms with Crippen LogP contribution in [-0.2, 0) is 16.1 Å². The summed E-state index contributed by atoms with van der Waals surface area (Å²) in [7, 11) is 1.56. The predicted molar refractivity (Wildman–Crippen MR) is 95.2 cm³/mol. The van der Waals surface area contributed by atoms with Crippen molar-refractivity contribution in [2.45, 2.75) is 12.7 Å². The molecule has 1 fully saturated rings. The Morgan fingerprint density at radius 1 is 1.23 bits per heavy atom. The second-order valence-corrected chi connectivity index (χ2v) is 5.76. The van der Waals surface area contributed by atoms with Gasteiger partial charge in [0.1, 0.15) is 18.5 Å². The highest BCUT2D eigenvalue weighted by Gasteiger charge is 2.32. The number of alkyl carbamates (subject to hydrolysis) is 1. The van der Waals surface area contributed by atoms with Crippen molar-refractivity contribution in [1.29, 1.82) is 0 Å². The van der Waals surface area contributed by atoms with Gasteiger partial charge in [-0.2, -0.15) is 0 Å². The number of benzene rings is 2. The number of hydrogen-bond donors (Lipinski definition) is 1. The molecule has 0 radical (unpaired) electrons. The quantitative estimate of drug-likeness (QED) is 0.861. The number of carbonyl (C=O) groups is 2. The minimum Gasteiger partial charge on any atom is -0.497 e. The van der Waals surface area contributed by atoms with E-state index in [0.29, 0.717) is 18.0 Å². The molecule has 0 spiro atoms. The van der Waals surface area contributed by atoms with E-state index in [9.17, 15) is 9.59 Å². The molecule has 1 saturated heterocycles. The summed E-state index contributed by atoms with van der Waals surface area (Å²) in [4.78, 5) is 25.3. The molecule has 0 aliphatic carbocycles. The third kappa shape index (κ3) is 4.44. The number of anilines is 1. The van der Waals surface area contributed by atoms with Crippen LogP contribution in [0.15, 0.2) is 54.6 Å². The maximum atomic E-state index is 12.1. The van der Waals surface area contributed by atoms with Crippen LogP contribution in [0.3, 0.4) is 0 Å². The highest BCUT2D eigenvalue weighted by molar-refractivity contribution is 5.90. The lowest BCUT2D eigenvalue weighted by atomic mass is 10.2. The molecule has 2 aromatic rings. The summed E-state index contributed by atoms with van der Waals surface area (Å²) in [6.45, 7) is 0.706. The Morgan fingerprint density at radius 3 is 2.81 bits per heavy atom. The molecule has 0 aromatic heterocycles. The Morgan fingerprint density at radius 2 is 2.04 bits per heavy atom. The average Bonchev–Trinajstić information content (AvgIpc) is 3.06. The molecule has 7 nitrogen and oxygen atoms in total. The molecule has 0 bridgehead atoms. The summed E-state index contributed by atoms with van der Waals surface area (Å²) < 4.78 is 15.6. The zero-order valence-electron chi connectivity index (χ0n) is 14.4. The van der Waals surface area contributed by atoms with Crippen LogP contribution in [0.5, 0.6) is 5.75 Å². The molecule has 0 saturated carbocycles. The Balaban J connectivity index is 1.47. The van der Waals surface area contributed by atoms with Crippen LogP contribution in [0.1, 0.15) is 5.56 Å². The first-order valence-corrected chi connectivity index (χ1v) is 8.22. The van der Waals surface area contributed by atoms with Gasteiger partial charge in [-0.15, -0.1) is 0 Å². The first-order valence-electron chi connectivity index (χ1n) is 8.22. The van der Waals surface area contributed by atoms with E-state index in [4.69, 9.17) is 14.2 Å². The maximum Gasteiger partial charge on any atom is 0.414 e. The molecular formula is C19H20N2O5. The monoisotopic (exact) mass is 356 g/mol. The normalized spacial score (nSPS) is 16.1. The molecule has 2 amide bonds. The number of nitrogens with one attached hydrogen (secondary N) is 1. The molecular weight excluding hydrogens is 336 g/mol. The number of cyclic esters (lactones) is 1. The SMILES string of the molecule is COc1cccc(N2CC(CNC(=O)OCc3ccccc3)OC2=O)c1. The summed E-state index contributed by atoms with van der Waals surface area (Å²) in [5.74, 6) is 0.654. The van der Waals surface area contributed by atoms with Gasteiger partial charge in [0, 0.05) is 6.07 Å². The maximum absolute atomic E-state index is 12.1. The Labute approximate surface area is 151 Å². The van der Waals surface area contributed by atoms with Gasteiger partial charge in [0.15, 0.2) is 0 Å². The van der Waals surface area contributed by atoms with Gasteiger partial charge in [-0.25, -0.2) is 9.59 Å². The minimum atomic E-state index is -0.551. The van der Waals surface area contributed by atoms with E-state index in [1.165, 1.54) is 4.90 Å². The molecule has 1 heterocycles. The van der Waals surface area contributed by atoms with Gasteiger partial charge >= 0.3 is 12.2 Å². The lowest BCUT2D eigenvalue weighted by Crippen LogP contribution is -2.34. The van der Waals surface area contributed by atoms with Crippen molar-refractivity contribution >= 4 is 17.9 Å². The number of amides is 2. The van der Waals surface area contributed by atoms with Gasteiger partial charge in [-0.05, 0) is 17.7 Å². The predicted octanol–water partition coefficient (Wildman–Crippen LogP) is 2.95. The van der Waals surface area contributed by atoms with Crippen LogP contribution in [0.4, 0.5) is 15.3 Å². The third-order valence-corrected chi connectivity index (χ3v) is 3.93. The topological polar surface area (TPSA) is 77.1 Å². The van der Waals surface area contributed by atoms with Crippen molar-refractivity contribution < 1.29 is 23.8 Å². The molecule has 1 aliphatic heterocycles. The van der Waals surface area contributed by atoms with Crippen molar-refractivity contribution in [1.82, 2.24) is 5.32 Å². The second kappa shape index (κ2) is 8.24. The van der Waals surface area contributed by atoms with E-state index in [-0.39, 0.29) is 13.2 Å². The third-order valence-electron chi connectivity index (χ3n) is 3.93. The van der Waals surface area contributed by atoms with E-state index < -0.39 is 18.3 Å². The van der Waals surface area contributed by atoms with E-state index in [1.54, 1.807) is 31.4 Å². The highest BCUT2D eigenvalue weighted by atomic mass is 16.6. The number of nitrogens with zero attached hydrogens (tertiary/aromatic N) is 1. The summed E-state index contributed by atoms with van der Waals surface area (Å²) in [6, 6.07) is 16.5. The molecule has 1 atom stereocenters. The number of methoxy groups -OCH3 is 1. The Hall–Kier alpha value is -3.22. The van der Waals surface area contributed by atoms with Crippen LogP contribution in [0.25, 0.3) is 0 Å². The van der Waals surface area contributed by atoms with E-state index in [1.807, 2.05) is 30.3 Å². The molecule has 1 aliphatic rings. The number of carbonyl (C=O) groups excluding carboxylic acids is 2. The molecule has 1 unspecified atom stereocenters. The molecule has 136 valence electrons. The minimum absolute atomic E-state index is 0.180. The fourth-order valence-corrected chi connectivity index (χ4v) is 2.59. The standard InChI is InChI=1S/C19H20N2O5/c1-24-16-9-5-8-15(10-16)21-12-17(26-19(21)23)11-20-18(22)25-13-14-6-3-2-4-7-14/h2-10,17H,11-13H2,1H3,(H,20,22). The van der Waals surface area contributed by atoms with Crippen molar-refractivity contribution in [2.24, 2.45) is 0 Å². The molecule has 2 aromatic carbocycles. The van der Waals surface area contributed by atoms with Gasteiger partial charge in [-0.1, -0.05) is 36.4 Å². The average molecular weight is 356 g/mol. The molecule has 3 rings (SSSR count). The van der Waals surface area contributed by atoms with Gasteiger partial charge in [0.25, 0.3) is 0 Å². The van der Waals surface area contributed by atoms with Gasteiger partial charge in [-0.3, -0.25) is 4.90 Å². The Bertz CT molecular complexity index is 766. The van der Waals surface area contributed by atoms with Crippen molar-refractivity contribution in [3.8, 4) is 5.75 Å².